The molecule has 4 rings (SSSR count). The smallest absolute Gasteiger partial charge is 0.227 e. The standard InChI is InChI=1S/C20H16N4OS/c1-14-13-22-20(24-18(14)19-21-10-11-26-19)23-15-6-5-9-17(12-15)25-16-7-3-2-4-8-16/h2-13H,1H3,(H,22,23,24). The molecule has 0 aliphatic heterocycles. The molecule has 1 N–H and O–H groups in total. The Labute approximate surface area is 155 Å². The molecule has 0 amide bonds. The average molecular weight is 360 g/mol. The van der Waals surface area contributed by atoms with Crippen LogP contribution in [0.3, 0.4) is 0 Å². The van der Waals surface area contributed by atoms with E-state index in [4.69, 9.17) is 4.74 Å². The van der Waals surface area contributed by atoms with Gasteiger partial charge in [0.15, 0.2) is 0 Å². The van der Waals surface area contributed by atoms with Crippen molar-refractivity contribution >= 4 is 23.0 Å². The Morgan fingerprint density at radius 1 is 0.962 bits per heavy atom. The molecule has 26 heavy (non-hydrogen) atoms. The number of nitrogens with zero attached hydrogens (tertiary/aromatic N) is 3. The van der Waals surface area contributed by atoms with Crippen LogP contribution in [0.25, 0.3) is 10.7 Å². The summed E-state index contributed by atoms with van der Waals surface area (Å²) in [6, 6.07) is 17.4. The third-order valence-corrected chi connectivity index (χ3v) is 4.46. The van der Waals surface area contributed by atoms with Crippen LogP contribution in [0.15, 0.2) is 72.4 Å². The number of aryl methyl sites for hydroxylation is 1. The van der Waals surface area contributed by atoms with Crippen molar-refractivity contribution in [1.29, 1.82) is 0 Å². The third kappa shape index (κ3) is 3.70. The van der Waals surface area contributed by atoms with Crippen molar-refractivity contribution in [3.8, 4) is 22.2 Å². The SMILES string of the molecule is Cc1cnc(Nc2cccc(Oc3ccccc3)c2)nc1-c1nccs1. The van der Waals surface area contributed by atoms with E-state index in [9.17, 15) is 0 Å². The maximum absolute atomic E-state index is 5.87. The summed E-state index contributed by atoms with van der Waals surface area (Å²) < 4.78 is 5.87. The molecular weight excluding hydrogens is 344 g/mol. The summed E-state index contributed by atoms with van der Waals surface area (Å²) in [6.07, 6.45) is 3.58. The number of ether oxygens (including phenoxy) is 1. The largest absolute Gasteiger partial charge is 0.457 e. The van der Waals surface area contributed by atoms with Crippen LogP contribution >= 0.6 is 11.3 Å². The molecule has 4 aromatic rings. The summed E-state index contributed by atoms with van der Waals surface area (Å²) in [7, 11) is 0. The molecule has 0 spiro atoms. The normalized spacial score (nSPS) is 10.5. The van der Waals surface area contributed by atoms with E-state index in [-0.39, 0.29) is 0 Å². The fourth-order valence-electron chi connectivity index (χ4n) is 2.45. The van der Waals surface area contributed by atoms with E-state index in [0.29, 0.717) is 5.95 Å². The molecule has 0 aliphatic carbocycles. The predicted octanol–water partition coefficient (Wildman–Crippen LogP) is 5.44. The van der Waals surface area contributed by atoms with Crippen LogP contribution in [-0.4, -0.2) is 15.0 Å². The van der Waals surface area contributed by atoms with Gasteiger partial charge in [-0.3, -0.25) is 0 Å². The van der Waals surface area contributed by atoms with Gasteiger partial charge in [0, 0.05) is 29.5 Å². The van der Waals surface area contributed by atoms with E-state index in [1.165, 1.54) is 0 Å². The van der Waals surface area contributed by atoms with Gasteiger partial charge in [-0.15, -0.1) is 11.3 Å². The third-order valence-electron chi connectivity index (χ3n) is 3.68. The summed E-state index contributed by atoms with van der Waals surface area (Å²) in [4.78, 5) is 13.3. The molecule has 0 unspecified atom stereocenters. The Morgan fingerprint density at radius 3 is 2.62 bits per heavy atom. The lowest BCUT2D eigenvalue weighted by Gasteiger charge is -2.10. The number of thiazole rings is 1. The number of benzene rings is 2. The van der Waals surface area contributed by atoms with Gasteiger partial charge in [0.2, 0.25) is 5.95 Å². The minimum atomic E-state index is 0.526. The Kier molecular flexibility index (Phi) is 4.57. The van der Waals surface area contributed by atoms with Crippen molar-refractivity contribution < 1.29 is 4.74 Å². The van der Waals surface area contributed by atoms with Gasteiger partial charge in [-0.2, -0.15) is 0 Å². The minimum absolute atomic E-state index is 0.526. The topological polar surface area (TPSA) is 59.9 Å². The lowest BCUT2D eigenvalue weighted by Crippen LogP contribution is -2.00. The number of hydrogen-bond acceptors (Lipinski definition) is 6. The molecule has 0 fully saturated rings. The first-order chi connectivity index (χ1) is 12.8. The van der Waals surface area contributed by atoms with Crippen molar-refractivity contribution in [2.24, 2.45) is 0 Å². The molecule has 0 saturated heterocycles. The lowest BCUT2D eigenvalue weighted by molar-refractivity contribution is 0.483. The Bertz CT molecular complexity index is 1000. The van der Waals surface area contributed by atoms with Crippen LogP contribution in [0.5, 0.6) is 11.5 Å². The van der Waals surface area contributed by atoms with E-state index in [0.717, 1.165) is 33.5 Å². The maximum atomic E-state index is 5.87. The second kappa shape index (κ2) is 7.33. The first kappa shape index (κ1) is 16.2. The van der Waals surface area contributed by atoms with Crippen molar-refractivity contribution in [2.45, 2.75) is 6.92 Å². The van der Waals surface area contributed by atoms with E-state index in [1.54, 1.807) is 23.7 Å². The summed E-state index contributed by atoms with van der Waals surface area (Å²) in [5, 5.41) is 6.06. The maximum Gasteiger partial charge on any atom is 0.227 e. The Balaban J connectivity index is 1.56. The molecule has 2 heterocycles. The molecule has 2 aromatic carbocycles. The zero-order valence-corrected chi connectivity index (χ0v) is 14.9. The van der Waals surface area contributed by atoms with Crippen LogP contribution in [0.4, 0.5) is 11.6 Å². The first-order valence-corrected chi connectivity index (χ1v) is 8.99. The molecule has 0 saturated carbocycles. The number of para-hydroxylation sites is 1. The first-order valence-electron chi connectivity index (χ1n) is 8.11. The fourth-order valence-corrected chi connectivity index (χ4v) is 3.14. The second-order valence-electron chi connectivity index (χ2n) is 5.63. The minimum Gasteiger partial charge on any atom is -0.457 e. The van der Waals surface area contributed by atoms with Crippen LogP contribution in [0, 0.1) is 6.92 Å². The summed E-state index contributed by atoms with van der Waals surface area (Å²) in [5.74, 6) is 2.06. The quantitative estimate of drug-likeness (QED) is 0.513. The molecule has 5 nitrogen and oxygen atoms in total. The molecule has 128 valence electrons. The fraction of sp³-hybridized carbons (Fsp3) is 0.0500. The molecule has 0 aliphatic rings. The van der Waals surface area contributed by atoms with E-state index >= 15 is 0 Å². The Hall–Kier alpha value is -3.25. The summed E-state index contributed by atoms with van der Waals surface area (Å²) in [5.41, 5.74) is 2.69. The second-order valence-corrected chi connectivity index (χ2v) is 6.52. The highest BCUT2D eigenvalue weighted by atomic mass is 32.1. The highest BCUT2D eigenvalue weighted by Gasteiger charge is 2.09. The molecule has 2 aromatic heterocycles. The average Bonchev–Trinajstić information content (AvgIpc) is 3.19. The van der Waals surface area contributed by atoms with Gasteiger partial charge in [0.25, 0.3) is 0 Å². The summed E-state index contributed by atoms with van der Waals surface area (Å²) in [6.45, 7) is 1.98. The van der Waals surface area contributed by atoms with Crippen LogP contribution in [-0.2, 0) is 0 Å². The molecule has 0 bridgehead atoms. The highest BCUT2D eigenvalue weighted by molar-refractivity contribution is 7.13. The molecule has 0 atom stereocenters. The van der Waals surface area contributed by atoms with E-state index in [1.807, 2.05) is 66.9 Å². The van der Waals surface area contributed by atoms with Crippen LogP contribution in [0.1, 0.15) is 5.56 Å². The van der Waals surface area contributed by atoms with Gasteiger partial charge in [-0.25, -0.2) is 15.0 Å². The van der Waals surface area contributed by atoms with Gasteiger partial charge in [0.05, 0.1) is 0 Å². The molecule has 6 heteroatoms. The number of aromatic nitrogens is 3. The van der Waals surface area contributed by atoms with Crippen molar-refractivity contribution in [3.05, 3.63) is 77.9 Å². The van der Waals surface area contributed by atoms with Crippen LogP contribution in [0.2, 0.25) is 0 Å². The highest BCUT2D eigenvalue weighted by Crippen LogP contribution is 2.27. The van der Waals surface area contributed by atoms with Crippen LogP contribution < -0.4 is 10.1 Å². The number of rotatable bonds is 5. The number of nitrogens with one attached hydrogen (secondary N) is 1. The van der Waals surface area contributed by atoms with Crippen molar-refractivity contribution in [3.63, 3.8) is 0 Å². The molecule has 0 radical (unpaired) electrons. The number of anilines is 2. The van der Waals surface area contributed by atoms with Gasteiger partial charge in [-0.1, -0.05) is 24.3 Å². The van der Waals surface area contributed by atoms with E-state index in [2.05, 4.69) is 20.3 Å². The van der Waals surface area contributed by atoms with Gasteiger partial charge in [-0.05, 0) is 36.8 Å². The van der Waals surface area contributed by atoms with Gasteiger partial charge >= 0.3 is 0 Å². The van der Waals surface area contributed by atoms with E-state index < -0.39 is 0 Å². The Morgan fingerprint density at radius 2 is 1.81 bits per heavy atom. The van der Waals surface area contributed by atoms with Gasteiger partial charge in [0.1, 0.15) is 22.2 Å². The molecular formula is C20H16N4OS. The lowest BCUT2D eigenvalue weighted by atomic mass is 10.2. The van der Waals surface area contributed by atoms with Crippen molar-refractivity contribution in [2.75, 3.05) is 5.32 Å². The zero-order valence-electron chi connectivity index (χ0n) is 14.1. The summed E-state index contributed by atoms with van der Waals surface area (Å²) >= 11 is 1.56. The number of hydrogen-bond donors (Lipinski definition) is 1. The predicted molar refractivity (Wildman–Crippen MR) is 104 cm³/mol. The monoisotopic (exact) mass is 360 g/mol. The van der Waals surface area contributed by atoms with Crippen molar-refractivity contribution in [1.82, 2.24) is 15.0 Å². The zero-order chi connectivity index (χ0) is 17.8. The van der Waals surface area contributed by atoms with Gasteiger partial charge < -0.3 is 10.1 Å².